The molecule has 1 aliphatic heterocycles. The number of aromatic nitrogens is 2. The summed E-state index contributed by atoms with van der Waals surface area (Å²) in [6, 6.07) is 1.10. The maximum absolute atomic E-state index is 13.5. The van der Waals surface area contributed by atoms with Crippen molar-refractivity contribution in [1.29, 1.82) is 0 Å². The number of rotatable bonds is 2. The molecule has 4 N–H and O–H groups in total. The summed E-state index contributed by atoms with van der Waals surface area (Å²) in [6.07, 6.45) is -1.46. The topological polar surface area (TPSA) is 111 Å². The number of aliphatic hydroxyl groups excluding tert-OH is 2. The van der Waals surface area contributed by atoms with Crippen molar-refractivity contribution < 1.29 is 23.7 Å². The van der Waals surface area contributed by atoms with Crippen molar-refractivity contribution in [3.05, 3.63) is 22.7 Å². The van der Waals surface area contributed by atoms with Crippen LogP contribution >= 0.6 is 0 Å². The minimum Gasteiger partial charge on any atom is -0.391 e. The van der Waals surface area contributed by atoms with E-state index in [0.717, 1.165) is 12.3 Å². The van der Waals surface area contributed by atoms with Gasteiger partial charge in [0.05, 0.1) is 6.61 Å². The molecule has 0 bridgehead atoms. The van der Waals surface area contributed by atoms with Gasteiger partial charge in [-0.05, 0) is 6.07 Å². The lowest BCUT2D eigenvalue weighted by molar-refractivity contribution is -0.472. The van der Waals surface area contributed by atoms with E-state index < -0.39 is 30.2 Å². The van der Waals surface area contributed by atoms with Gasteiger partial charge in [-0.2, -0.15) is 13.8 Å². The number of hydrogen-bond donors (Lipinski definition) is 3. The Balaban J connectivity index is 2.55. The van der Waals surface area contributed by atoms with Crippen molar-refractivity contribution in [2.24, 2.45) is 0 Å². The van der Waals surface area contributed by atoms with E-state index in [-0.39, 0.29) is 5.82 Å². The third-order valence-corrected chi connectivity index (χ3v) is 2.57. The second kappa shape index (κ2) is 3.45. The third-order valence-electron chi connectivity index (χ3n) is 2.57. The second-order valence-electron chi connectivity index (χ2n) is 3.54. The molecule has 0 aliphatic carbocycles. The standard InChI is InChI=1S/C8H9F2N3O4/c9-8(10)5(15)17-7(8,3-14)13-2-1-4(11)12-6(13)16/h1-2,5,14-15H,3H2,(H2,11,12,16)/t5-,7-/m1/s1. The molecular formula is C8H9F2N3O4. The molecule has 2 rings (SSSR count). The average molecular weight is 249 g/mol. The molecule has 17 heavy (non-hydrogen) atoms. The SMILES string of the molecule is Nc1ccn([C@]2(CO)O[C@@H](O)C2(F)F)c(=O)n1. The molecule has 9 heteroatoms. The maximum atomic E-state index is 13.5. The highest BCUT2D eigenvalue weighted by Gasteiger charge is 2.72. The van der Waals surface area contributed by atoms with Crippen LogP contribution in [-0.2, 0) is 10.5 Å². The van der Waals surface area contributed by atoms with Crippen LogP contribution in [0.5, 0.6) is 0 Å². The zero-order valence-corrected chi connectivity index (χ0v) is 8.38. The molecule has 1 aromatic heterocycles. The first-order chi connectivity index (χ1) is 7.85. The molecule has 94 valence electrons. The van der Waals surface area contributed by atoms with Gasteiger partial charge in [0, 0.05) is 6.20 Å². The molecule has 0 amide bonds. The Labute approximate surface area is 93.1 Å². The largest absolute Gasteiger partial charge is 0.391 e. The second-order valence-corrected chi connectivity index (χ2v) is 3.54. The Morgan fingerprint density at radius 1 is 1.65 bits per heavy atom. The number of nitrogen functional groups attached to an aromatic ring is 1. The van der Waals surface area contributed by atoms with Gasteiger partial charge in [0.25, 0.3) is 0 Å². The summed E-state index contributed by atoms with van der Waals surface area (Å²) in [6.45, 7) is -1.19. The fourth-order valence-corrected chi connectivity index (χ4v) is 1.60. The van der Waals surface area contributed by atoms with Crippen LogP contribution in [0.15, 0.2) is 17.1 Å². The van der Waals surface area contributed by atoms with Crippen LogP contribution in [0.2, 0.25) is 0 Å². The van der Waals surface area contributed by atoms with Gasteiger partial charge in [0.2, 0.25) is 12.0 Å². The van der Waals surface area contributed by atoms with Crippen molar-refractivity contribution in [3.63, 3.8) is 0 Å². The van der Waals surface area contributed by atoms with E-state index in [9.17, 15) is 13.6 Å². The molecule has 1 aromatic rings. The summed E-state index contributed by atoms with van der Waals surface area (Å²) in [5.74, 6) is -3.95. The lowest BCUT2D eigenvalue weighted by Crippen LogP contribution is -2.73. The summed E-state index contributed by atoms with van der Waals surface area (Å²) >= 11 is 0. The summed E-state index contributed by atoms with van der Waals surface area (Å²) in [5.41, 5.74) is 1.46. The number of hydrogen-bond acceptors (Lipinski definition) is 6. The van der Waals surface area contributed by atoms with Crippen LogP contribution in [0.25, 0.3) is 0 Å². The van der Waals surface area contributed by atoms with Gasteiger partial charge in [-0.3, -0.25) is 4.57 Å². The first-order valence-electron chi connectivity index (χ1n) is 4.55. The normalized spacial score (nSPS) is 30.9. The molecule has 2 atom stereocenters. The fourth-order valence-electron chi connectivity index (χ4n) is 1.60. The van der Waals surface area contributed by atoms with E-state index in [0.29, 0.717) is 4.57 Å². The van der Waals surface area contributed by atoms with Gasteiger partial charge in [0.15, 0.2) is 0 Å². The molecule has 0 unspecified atom stereocenters. The molecule has 0 radical (unpaired) electrons. The lowest BCUT2D eigenvalue weighted by Gasteiger charge is -2.50. The predicted octanol–water partition coefficient (Wildman–Crippen LogP) is -1.55. The monoisotopic (exact) mass is 249 g/mol. The van der Waals surface area contributed by atoms with E-state index in [4.69, 9.17) is 15.9 Å². The van der Waals surface area contributed by atoms with Crippen LogP contribution in [-0.4, -0.2) is 38.6 Å². The highest BCUT2D eigenvalue weighted by atomic mass is 19.3. The molecule has 0 saturated carbocycles. The minimum absolute atomic E-state index is 0.150. The van der Waals surface area contributed by atoms with Crippen LogP contribution in [0, 0.1) is 0 Å². The van der Waals surface area contributed by atoms with E-state index in [1.54, 1.807) is 0 Å². The molecular weight excluding hydrogens is 240 g/mol. The quantitative estimate of drug-likeness (QED) is 0.585. The van der Waals surface area contributed by atoms with Gasteiger partial charge < -0.3 is 20.7 Å². The van der Waals surface area contributed by atoms with E-state index in [1.165, 1.54) is 0 Å². The Morgan fingerprint density at radius 2 is 2.29 bits per heavy atom. The highest BCUT2D eigenvalue weighted by molar-refractivity contribution is 5.24. The Morgan fingerprint density at radius 3 is 2.71 bits per heavy atom. The van der Waals surface area contributed by atoms with E-state index in [2.05, 4.69) is 9.72 Å². The minimum atomic E-state index is -3.80. The molecule has 1 aliphatic rings. The zero-order chi connectivity index (χ0) is 12.8. The van der Waals surface area contributed by atoms with Crippen LogP contribution in [0.1, 0.15) is 0 Å². The summed E-state index contributed by atoms with van der Waals surface area (Å²) < 4.78 is 31.8. The smallest absolute Gasteiger partial charge is 0.352 e. The molecule has 2 heterocycles. The predicted molar refractivity (Wildman–Crippen MR) is 50.0 cm³/mol. The van der Waals surface area contributed by atoms with Crippen LogP contribution < -0.4 is 11.4 Å². The highest BCUT2D eigenvalue weighted by Crippen LogP contribution is 2.48. The number of halogens is 2. The maximum Gasteiger partial charge on any atom is 0.352 e. The van der Waals surface area contributed by atoms with E-state index in [1.807, 2.05) is 0 Å². The molecule has 1 saturated heterocycles. The van der Waals surface area contributed by atoms with Gasteiger partial charge in [0.1, 0.15) is 5.82 Å². The Hall–Kier alpha value is -1.58. The van der Waals surface area contributed by atoms with Crippen molar-refractivity contribution in [2.45, 2.75) is 17.9 Å². The zero-order valence-electron chi connectivity index (χ0n) is 8.38. The fraction of sp³-hybridized carbons (Fsp3) is 0.500. The molecule has 0 spiro atoms. The summed E-state index contributed by atoms with van der Waals surface area (Å²) in [5, 5.41) is 17.8. The summed E-state index contributed by atoms with van der Waals surface area (Å²) in [4.78, 5) is 14.6. The first kappa shape index (κ1) is 11.9. The van der Waals surface area contributed by atoms with Crippen molar-refractivity contribution in [3.8, 4) is 0 Å². The third kappa shape index (κ3) is 1.36. The Bertz CT molecular complexity index is 506. The number of nitrogens with zero attached hydrogens (tertiary/aromatic N) is 2. The van der Waals surface area contributed by atoms with Gasteiger partial charge in [-0.15, -0.1) is 0 Å². The summed E-state index contributed by atoms with van der Waals surface area (Å²) in [7, 11) is 0. The molecule has 1 fully saturated rings. The molecule has 7 nitrogen and oxygen atoms in total. The van der Waals surface area contributed by atoms with Crippen molar-refractivity contribution >= 4 is 5.82 Å². The number of anilines is 1. The van der Waals surface area contributed by atoms with Gasteiger partial charge in [-0.1, -0.05) is 0 Å². The lowest BCUT2D eigenvalue weighted by atomic mass is 9.99. The number of ether oxygens (including phenoxy) is 1. The van der Waals surface area contributed by atoms with Gasteiger partial charge >= 0.3 is 11.6 Å². The number of aliphatic hydroxyl groups is 2. The number of nitrogens with two attached hydrogens (primary N) is 1. The molecule has 0 aromatic carbocycles. The van der Waals surface area contributed by atoms with Crippen LogP contribution in [0.4, 0.5) is 14.6 Å². The van der Waals surface area contributed by atoms with Gasteiger partial charge in [-0.25, -0.2) is 4.79 Å². The van der Waals surface area contributed by atoms with Crippen LogP contribution in [0.3, 0.4) is 0 Å². The Kier molecular flexibility index (Phi) is 2.42. The van der Waals surface area contributed by atoms with Crippen molar-refractivity contribution in [1.82, 2.24) is 9.55 Å². The van der Waals surface area contributed by atoms with E-state index >= 15 is 0 Å². The first-order valence-corrected chi connectivity index (χ1v) is 4.55. The average Bonchev–Trinajstić information content (AvgIpc) is 2.26. The van der Waals surface area contributed by atoms with Crippen molar-refractivity contribution in [2.75, 3.05) is 12.3 Å². The number of alkyl halides is 2.